The molecule has 2 fully saturated rings. The van der Waals surface area contributed by atoms with Crippen LogP contribution in [0.4, 0.5) is 5.00 Å². The molecule has 0 unspecified atom stereocenters. The summed E-state index contributed by atoms with van der Waals surface area (Å²) in [5, 5.41) is 17.2. The van der Waals surface area contributed by atoms with Gasteiger partial charge in [0.1, 0.15) is 5.00 Å². The summed E-state index contributed by atoms with van der Waals surface area (Å²) < 4.78 is 16.3. The highest BCUT2D eigenvalue weighted by atomic mass is 32.1. The summed E-state index contributed by atoms with van der Waals surface area (Å²) in [7, 11) is 0. The van der Waals surface area contributed by atoms with Crippen LogP contribution in [0.15, 0.2) is 29.6 Å². The third-order valence-corrected chi connectivity index (χ3v) is 6.73. The summed E-state index contributed by atoms with van der Waals surface area (Å²) in [5.74, 6) is -2.11. The van der Waals surface area contributed by atoms with Crippen molar-refractivity contribution in [3.8, 4) is 11.5 Å². The van der Waals surface area contributed by atoms with Crippen LogP contribution < -0.4 is 20.1 Å². The molecule has 5 rings (SSSR count). The smallest absolute Gasteiger partial charge is 0.310 e. The van der Waals surface area contributed by atoms with E-state index in [9.17, 15) is 19.5 Å². The first-order chi connectivity index (χ1) is 15.0. The lowest BCUT2D eigenvalue weighted by atomic mass is 9.79. The predicted octanol–water partition coefficient (Wildman–Crippen LogP) is 2.22. The number of anilines is 1. The lowest BCUT2D eigenvalue weighted by molar-refractivity contribution is -0.147. The SMILES string of the molecule is O=C(NCc1ccc2c(c1)OCO2)c1ccsc1NC(=O)[C@@H]1[C@H](C(=O)O)[C@H]2CC[C@H]1O2. The van der Waals surface area contributed by atoms with E-state index >= 15 is 0 Å². The van der Waals surface area contributed by atoms with E-state index in [4.69, 9.17) is 14.2 Å². The topological polar surface area (TPSA) is 123 Å². The average molecular weight is 444 g/mol. The molecule has 162 valence electrons. The number of amides is 2. The standard InChI is InChI=1S/C21H20N2O7S/c24-18(22-8-10-1-2-12-15(7-10)29-9-28-12)11-5-6-31-20(11)23-19(25)16-13-3-4-14(30-13)17(16)21(26)27/h1-2,5-7,13-14,16-17H,3-4,8-9H2,(H,22,24)(H,23,25)(H,26,27)/t13-,14-,16+,17-/m1/s1. The minimum absolute atomic E-state index is 0.180. The van der Waals surface area contributed by atoms with Crippen LogP contribution in [-0.4, -0.2) is 41.9 Å². The van der Waals surface area contributed by atoms with Crippen LogP contribution in [0.2, 0.25) is 0 Å². The van der Waals surface area contributed by atoms with Gasteiger partial charge < -0.3 is 30.0 Å². The Kier molecular flexibility index (Phi) is 5.03. The molecule has 2 aromatic rings. The van der Waals surface area contributed by atoms with E-state index in [-0.39, 0.29) is 19.2 Å². The number of carbonyl (C=O) groups excluding carboxylic acids is 2. The van der Waals surface area contributed by atoms with Gasteiger partial charge in [0.05, 0.1) is 29.6 Å². The third kappa shape index (κ3) is 3.61. The molecule has 0 radical (unpaired) electrons. The Morgan fingerprint density at radius 3 is 2.65 bits per heavy atom. The van der Waals surface area contributed by atoms with Gasteiger partial charge in [-0.2, -0.15) is 0 Å². The number of hydrogen-bond acceptors (Lipinski definition) is 7. The number of fused-ring (bicyclic) bond motifs is 3. The van der Waals surface area contributed by atoms with Crippen molar-refractivity contribution in [3.05, 3.63) is 40.8 Å². The Balaban J connectivity index is 1.24. The lowest BCUT2D eigenvalue weighted by Crippen LogP contribution is -2.41. The zero-order chi connectivity index (χ0) is 21.5. The number of carbonyl (C=O) groups is 3. The van der Waals surface area contributed by atoms with Gasteiger partial charge in [-0.1, -0.05) is 6.07 Å². The molecule has 9 nitrogen and oxygen atoms in total. The van der Waals surface area contributed by atoms with Crippen molar-refractivity contribution in [1.29, 1.82) is 0 Å². The zero-order valence-electron chi connectivity index (χ0n) is 16.3. The number of rotatable bonds is 6. The van der Waals surface area contributed by atoms with Gasteiger partial charge in [-0.15, -0.1) is 11.3 Å². The number of carboxylic acids is 1. The van der Waals surface area contributed by atoms with Crippen molar-refractivity contribution in [2.75, 3.05) is 12.1 Å². The first kappa shape index (κ1) is 19.8. The van der Waals surface area contributed by atoms with E-state index < -0.39 is 35.9 Å². The third-order valence-electron chi connectivity index (χ3n) is 5.90. The molecule has 2 amide bonds. The Morgan fingerprint density at radius 1 is 1.06 bits per heavy atom. The van der Waals surface area contributed by atoms with Crippen molar-refractivity contribution in [1.82, 2.24) is 5.32 Å². The number of ether oxygens (including phenoxy) is 3. The highest BCUT2D eigenvalue weighted by Crippen LogP contribution is 2.44. The van der Waals surface area contributed by atoms with Crippen LogP contribution in [0.3, 0.4) is 0 Å². The summed E-state index contributed by atoms with van der Waals surface area (Å²) in [6, 6.07) is 7.06. The first-order valence-electron chi connectivity index (χ1n) is 9.94. The van der Waals surface area contributed by atoms with Gasteiger partial charge >= 0.3 is 5.97 Å². The number of benzene rings is 1. The molecule has 0 aliphatic carbocycles. The van der Waals surface area contributed by atoms with Crippen molar-refractivity contribution >= 4 is 34.1 Å². The van der Waals surface area contributed by atoms with Crippen LogP contribution in [0, 0.1) is 11.8 Å². The molecule has 1 aromatic heterocycles. The Labute approximate surface area is 181 Å². The van der Waals surface area contributed by atoms with Gasteiger partial charge in [-0.25, -0.2) is 0 Å². The van der Waals surface area contributed by atoms with Crippen LogP contribution in [0.25, 0.3) is 0 Å². The van der Waals surface area contributed by atoms with Crippen LogP contribution in [-0.2, 0) is 20.9 Å². The molecule has 4 heterocycles. The van der Waals surface area contributed by atoms with E-state index in [0.29, 0.717) is 34.9 Å². The second kappa shape index (κ2) is 7.86. The van der Waals surface area contributed by atoms with E-state index in [1.165, 1.54) is 11.3 Å². The van der Waals surface area contributed by atoms with Crippen LogP contribution >= 0.6 is 11.3 Å². The molecule has 2 saturated heterocycles. The van der Waals surface area contributed by atoms with Gasteiger partial charge in [0.2, 0.25) is 12.7 Å². The number of hydrogen-bond donors (Lipinski definition) is 3. The number of carboxylic acid groups (broad SMARTS) is 1. The van der Waals surface area contributed by atoms with Crippen molar-refractivity contribution in [3.63, 3.8) is 0 Å². The van der Waals surface area contributed by atoms with Crippen LogP contribution in [0.1, 0.15) is 28.8 Å². The summed E-state index contributed by atoms with van der Waals surface area (Å²) in [6.45, 7) is 0.458. The van der Waals surface area contributed by atoms with Crippen LogP contribution in [0.5, 0.6) is 11.5 Å². The summed E-state index contributed by atoms with van der Waals surface area (Å²) in [5.41, 5.74) is 1.18. The maximum absolute atomic E-state index is 12.9. The minimum atomic E-state index is -1.03. The summed E-state index contributed by atoms with van der Waals surface area (Å²) in [4.78, 5) is 37.2. The number of thiophene rings is 1. The molecule has 0 spiro atoms. The lowest BCUT2D eigenvalue weighted by Gasteiger charge is -2.23. The quantitative estimate of drug-likeness (QED) is 0.624. The molecule has 2 bridgehead atoms. The maximum atomic E-state index is 12.9. The predicted molar refractivity (Wildman–Crippen MR) is 109 cm³/mol. The van der Waals surface area contributed by atoms with Crippen molar-refractivity contribution < 1.29 is 33.7 Å². The molecule has 4 atom stereocenters. The van der Waals surface area contributed by atoms with E-state index in [2.05, 4.69) is 10.6 Å². The fourth-order valence-corrected chi connectivity index (χ4v) is 5.22. The minimum Gasteiger partial charge on any atom is -0.481 e. The zero-order valence-corrected chi connectivity index (χ0v) is 17.1. The number of nitrogens with one attached hydrogen (secondary N) is 2. The van der Waals surface area contributed by atoms with Gasteiger partial charge in [0.15, 0.2) is 11.5 Å². The van der Waals surface area contributed by atoms with Gasteiger partial charge in [0, 0.05) is 6.54 Å². The normalized spacial score (nSPS) is 25.4. The van der Waals surface area contributed by atoms with Gasteiger partial charge in [-0.3, -0.25) is 14.4 Å². The highest BCUT2D eigenvalue weighted by Gasteiger charge is 2.55. The molecule has 0 saturated carbocycles. The monoisotopic (exact) mass is 444 g/mol. The molecular formula is C21H20N2O7S. The molecule has 3 aliphatic heterocycles. The second-order valence-electron chi connectivity index (χ2n) is 7.70. The van der Waals surface area contributed by atoms with Crippen molar-refractivity contribution in [2.24, 2.45) is 11.8 Å². The molecule has 1 aromatic carbocycles. The Hall–Kier alpha value is -3.11. The molecule has 3 aliphatic rings. The van der Waals surface area contributed by atoms with Crippen molar-refractivity contribution in [2.45, 2.75) is 31.6 Å². The molecule has 31 heavy (non-hydrogen) atoms. The number of aliphatic carboxylic acids is 1. The summed E-state index contributed by atoms with van der Waals surface area (Å²) >= 11 is 1.22. The average Bonchev–Trinajstić information content (AvgIpc) is 3.54. The van der Waals surface area contributed by atoms with Gasteiger partial charge in [-0.05, 0) is 42.0 Å². The Morgan fingerprint density at radius 2 is 1.84 bits per heavy atom. The summed E-state index contributed by atoms with van der Waals surface area (Å²) in [6.07, 6.45) is 0.498. The highest BCUT2D eigenvalue weighted by molar-refractivity contribution is 7.14. The van der Waals surface area contributed by atoms with Gasteiger partial charge in [0.25, 0.3) is 5.91 Å². The van der Waals surface area contributed by atoms with E-state index in [0.717, 1.165) is 5.56 Å². The molecular weight excluding hydrogens is 424 g/mol. The maximum Gasteiger partial charge on any atom is 0.310 e. The molecule has 10 heteroatoms. The largest absolute Gasteiger partial charge is 0.481 e. The first-order valence-corrected chi connectivity index (χ1v) is 10.8. The fraction of sp³-hybridized carbons (Fsp3) is 0.381. The van der Waals surface area contributed by atoms with E-state index in [1.54, 1.807) is 23.6 Å². The Bertz CT molecular complexity index is 1050. The molecule has 3 N–H and O–H groups in total. The second-order valence-corrected chi connectivity index (χ2v) is 8.62. The fourth-order valence-electron chi connectivity index (χ4n) is 4.43. The van der Waals surface area contributed by atoms with E-state index in [1.807, 2.05) is 6.07 Å².